The number of rotatable bonds is 5. The Hall–Kier alpha value is -1.80. The summed E-state index contributed by atoms with van der Waals surface area (Å²) in [5, 5.41) is 10.6. The zero-order chi connectivity index (χ0) is 16.2. The van der Waals surface area contributed by atoms with E-state index in [1.807, 2.05) is 0 Å². The third-order valence-corrected chi connectivity index (χ3v) is 2.64. The second-order valence-corrected chi connectivity index (χ2v) is 4.48. The lowest BCUT2D eigenvalue weighted by molar-refractivity contribution is -0.140. The molecule has 0 spiro atoms. The normalized spacial score (nSPS) is 12.8. The molecule has 1 unspecified atom stereocenters. The van der Waals surface area contributed by atoms with Gasteiger partial charge in [-0.2, -0.15) is 13.2 Å². The van der Waals surface area contributed by atoms with Crippen LogP contribution in [0.4, 0.5) is 13.2 Å². The number of nitrogens with one attached hydrogen (secondary N) is 1. The van der Waals surface area contributed by atoms with Crippen LogP contribution >= 0.6 is 11.6 Å². The van der Waals surface area contributed by atoms with Crippen molar-refractivity contribution in [3.05, 3.63) is 34.3 Å². The number of hydrogen-bond acceptors (Lipinski definition) is 3. The third kappa shape index (κ3) is 4.91. The molecular formula is C12H11ClF3NO4. The molecule has 21 heavy (non-hydrogen) atoms. The maximum absolute atomic E-state index is 12.6. The minimum atomic E-state index is -4.67. The van der Waals surface area contributed by atoms with E-state index in [4.69, 9.17) is 16.7 Å². The van der Waals surface area contributed by atoms with Gasteiger partial charge < -0.3 is 15.2 Å². The number of halogens is 4. The van der Waals surface area contributed by atoms with Gasteiger partial charge in [-0.3, -0.25) is 4.79 Å². The van der Waals surface area contributed by atoms with Crippen LogP contribution in [0.2, 0.25) is 5.02 Å². The molecule has 0 saturated carbocycles. The van der Waals surface area contributed by atoms with Crippen molar-refractivity contribution in [3.8, 4) is 0 Å². The van der Waals surface area contributed by atoms with Crippen molar-refractivity contribution in [3.63, 3.8) is 0 Å². The fourth-order valence-corrected chi connectivity index (χ4v) is 1.70. The van der Waals surface area contributed by atoms with Gasteiger partial charge in [0.2, 0.25) is 0 Å². The second-order valence-electron chi connectivity index (χ2n) is 4.05. The number of ether oxygens (including phenoxy) is 1. The predicted molar refractivity (Wildman–Crippen MR) is 67.2 cm³/mol. The van der Waals surface area contributed by atoms with E-state index in [0.29, 0.717) is 12.1 Å². The second kappa shape index (κ2) is 6.77. The predicted octanol–water partition coefficient (Wildman–Crippen LogP) is 2.19. The first kappa shape index (κ1) is 17.3. The van der Waals surface area contributed by atoms with E-state index >= 15 is 0 Å². The lowest BCUT2D eigenvalue weighted by atomic mass is 10.1. The molecule has 1 aromatic carbocycles. The van der Waals surface area contributed by atoms with Crippen LogP contribution in [0.15, 0.2) is 18.2 Å². The summed E-state index contributed by atoms with van der Waals surface area (Å²) in [5.41, 5.74) is -1.49. The molecule has 5 nitrogen and oxygen atoms in total. The van der Waals surface area contributed by atoms with Crippen LogP contribution in [-0.4, -0.2) is 36.7 Å². The summed E-state index contributed by atoms with van der Waals surface area (Å²) in [6.07, 6.45) is -4.67. The number of alkyl halides is 3. The first-order valence-electron chi connectivity index (χ1n) is 5.55. The Kier molecular flexibility index (Phi) is 5.56. The van der Waals surface area contributed by atoms with E-state index in [1.54, 1.807) is 0 Å². The number of carbonyl (C=O) groups excluding carboxylic acids is 1. The van der Waals surface area contributed by atoms with Gasteiger partial charge in [0.25, 0.3) is 5.91 Å². The Morgan fingerprint density at radius 3 is 2.48 bits per heavy atom. The van der Waals surface area contributed by atoms with Gasteiger partial charge in [0.1, 0.15) is 0 Å². The smallest absolute Gasteiger partial charge is 0.416 e. The highest BCUT2D eigenvalue weighted by Crippen LogP contribution is 2.31. The Labute approximate surface area is 122 Å². The van der Waals surface area contributed by atoms with Crippen LogP contribution in [0.25, 0.3) is 0 Å². The minimum Gasteiger partial charge on any atom is -0.480 e. The van der Waals surface area contributed by atoms with E-state index in [9.17, 15) is 22.8 Å². The number of carboxylic acids is 1. The van der Waals surface area contributed by atoms with Crippen LogP contribution in [0, 0.1) is 0 Å². The minimum absolute atomic E-state index is 0.284. The third-order valence-electron chi connectivity index (χ3n) is 2.42. The molecule has 0 saturated heterocycles. The number of amides is 1. The highest BCUT2D eigenvalue weighted by Gasteiger charge is 2.32. The molecule has 1 atom stereocenters. The van der Waals surface area contributed by atoms with Crippen LogP contribution < -0.4 is 5.32 Å². The topological polar surface area (TPSA) is 75.6 Å². The van der Waals surface area contributed by atoms with Crippen LogP contribution in [0.3, 0.4) is 0 Å². The van der Waals surface area contributed by atoms with Crippen LogP contribution in [0.1, 0.15) is 15.9 Å². The molecule has 1 aromatic rings. The number of hydrogen-bond donors (Lipinski definition) is 2. The molecule has 0 aliphatic heterocycles. The fourth-order valence-electron chi connectivity index (χ4n) is 1.47. The molecule has 1 rings (SSSR count). The molecule has 1 amide bonds. The van der Waals surface area contributed by atoms with Gasteiger partial charge >= 0.3 is 12.1 Å². The molecule has 0 radical (unpaired) electrons. The molecule has 0 aliphatic rings. The van der Waals surface area contributed by atoms with E-state index in [1.165, 1.54) is 7.11 Å². The highest BCUT2D eigenvalue weighted by atomic mass is 35.5. The molecule has 0 aliphatic carbocycles. The maximum atomic E-state index is 12.6. The van der Waals surface area contributed by atoms with Crippen molar-refractivity contribution in [2.45, 2.75) is 12.2 Å². The highest BCUT2D eigenvalue weighted by molar-refractivity contribution is 6.31. The first-order valence-corrected chi connectivity index (χ1v) is 5.93. The summed E-state index contributed by atoms with van der Waals surface area (Å²) in [7, 11) is 1.23. The van der Waals surface area contributed by atoms with E-state index in [-0.39, 0.29) is 11.6 Å². The summed E-state index contributed by atoms with van der Waals surface area (Å²) >= 11 is 5.54. The number of carbonyl (C=O) groups is 2. The first-order chi connectivity index (χ1) is 9.65. The van der Waals surface area contributed by atoms with Crippen molar-refractivity contribution in [1.29, 1.82) is 0 Å². The summed E-state index contributed by atoms with van der Waals surface area (Å²) in [4.78, 5) is 22.7. The monoisotopic (exact) mass is 325 g/mol. The van der Waals surface area contributed by atoms with Gasteiger partial charge in [-0.05, 0) is 18.2 Å². The molecule has 0 fully saturated rings. The standard InChI is InChI=1S/C12H11ClF3NO4/c1-21-5-9(11(19)20)17-10(18)6-2-7(12(14,15)16)4-8(13)3-6/h2-4,9H,5H2,1H3,(H,17,18)(H,19,20). The number of aliphatic carboxylic acids is 1. The summed E-state index contributed by atoms with van der Waals surface area (Å²) < 4.78 is 42.5. The van der Waals surface area contributed by atoms with Gasteiger partial charge in [-0.1, -0.05) is 11.6 Å². The lowest BCUT2D eigenvalue weighted by Gasteiger charge is -2.14. The van der Waals surface area contributed by atoms with Gasteiger partial charge in [0.15, 0.2) is 6.04 Å². The van der Waals surface area contributed by atoms with Crippen LogP contribution in [0.5, 0.6) is 0 Å². The molecule has 9 heteroatoms. The van der Waals surface area contributed by atoms with Gasteiger partial charge in [-0.15, -0.1) is 0 Å². The zero-order valence-electron chi connectivity index (χ0n) is 10.7. The average molecular weight is 326 g/mol. The summed E-state index contributed by atoms with van der Waals surface area (Å²) in [6.45, 7) is -0.326. The molecular weight excluding hydrogens is 315 g/mol. The number of benzene rings is 1. The van der Waals surface area contributed by atoms with E-state index in [2.05, 4.69) is 10.1 Å². The molecule has 0 heterocycles. The molecule has 0 bridgehead atoms. The largest absolute Gasteiger partial charge is 0.480 e. The van der Waals surface area contributed by atoms with Crippen molar-refractivity contribution >= 4 is 23.5 Å². The van der Waals surface area contributed by atoms with Crippen molar-refractivity contribution < 1.29 is 32.6 Å². The summed E-state index contributed by atoms with van der Waals surface area (Å²) in [6, 6.07) is 0.892. The van der Waals surface area contributed by atoms with Gasteiger partial charge in [0, 0.05) is 17.7 Å². The summed E-state index contributed by atoms with van der Waals surface area (Å²) in [5.74, 6) is -2.37. The Balaban J connectivity index is 3.02. The van der Waals surface area contributed by atoms with Crippen molar-refractivity contribution in [1.82, 2.24) is 5.32 Å². The van der Waals surface area contributed by atoms with Crippen molar-refractivity contribution in [2.75, 3.05) is 13.7 Å². The Bertz CT molecular complexity index is 548. The quantitative estimate of drug-likeness (QED) is 0.870. The van der Waals surface area contributed by atoms with Gasteiger partial charge in [0.05, 0.1) is 12.2 Å². The lowest BCUT2D eigenvalue weighted by Crippen LogP contribution is -2.43. The number of carboxylic acid groups (broad SMARTS) is 1. The Morgan fingerprint density at radius 2 is 2.00 bits per heavy atom. The number of methoxy groups -OCH3 is 1. The van der Waals surface area contributed by atoms with E-state index < -0.39 is 35.2 Å². The van der Waals surface area contributed by atoms with Crippen molar-refractivity contribution in [2.24, 2.45) is 0 Å². The Morgan fingerprint density at radius 1 is 1.38 bits per heavy atom. The maximum Gasteiger partial charge on any atom is 0.416 e. The molecule has 2 N–H and O–H groups in total. The average Bonchev–Trinajstić information content (AvgIpc) is 2.36. The zero-order valence-corrected chi connectivity index (χ0v) is 11.5. The molecule has 0 aromatic heterocycles. The molecule has 116 valence electrons. The van der Waals surface area contributed by atoms with E-state index in [0.717, 1.165) is 6.07 Å². The van der Waals surface area contributed by atoms with Gasteiger partial charge in [-0.25, -0.2) is 4.79 Å². The van der Waals surface area contributed by atoms with Crippen LogP contribution in [-0.2, 0) is 15.7 Å². The fraction of sp³-hybridized carbons (Fsp3) is 0.333. The SMILES string of the molecule is COCC(NC(=O)c1cc(Cl)cc(C(F)(F)F)c1)C(=O)O.